The molecule has 0 aliphatic carbocycles. The normalized spacial score (nSPS) is 18.2. The van der Waals surface area contributed by atoms with Crippen LogP contribution in [0.3, 0.4) is 0 Å². The molecule has 1 aliphatic rings. The van der Waals surface area contributed by atoms with Crippen molar-refractivity contribution in [2.75, 3.05) is 6.54 Å². The van der Waals surface area contributed by atoms with E-state index in [0.29, 0.717) is 11.5 Å². The molecule has 0 spiro atoms. The van der Waals surface area contributed by atoms with E-state index in [4.69, 9.17) is 11.7 Å². The van der Waals surface area contributed by atoms with Crippen LogP contribution in [-0.2, 0) is 0 Å². The molecular weight excluding hydrogens is 196 g/mol. The lowest BCUT2D eigenvalue weighted by atomic mass is 9.89. The number of hydrogen-bond donors (Lipinski definition) is 1. The van der Waals surface area contributed by atoms with Gasteiger partial charge in [0.1, 0.15) is 0 Å². The zero-order valence-electron chi connectivity index (χ0n) is 8.90. The van der Waals surface area contributed by atoms with Gasteiger partial charge in [0.15, 0.2) is 0 Å². The second-order valence-electron chi connectivity index (χ2n) is 3.77. The molecule has 1 aromatic rings. The van der Waals surface area contributed by atoms with Gasteiger partial charge in [-0.25, -0.2) is 0 Å². The molecule has 1 N–H and O–H groups in total. The maximum absolute atomic E-state index is 9.11. The first kappa shape index (κ1) is 10.3. The van der Waals surface area contributed by atoms with Crippen LogP contribution in [0.2, 0.25) is 0 Å². The average molecular weight is 208 g/mol. The van der Waals surface area contributed by atoms with Crippen LogP contribution in [0.5, 0.6) is 0 Å². The highest BCUT2D eigenvalue weighted by atomic mass is 14.8. The Morgan fingerprint density at radius 1 is 1.44 bits per heavy atom. The van der Waals surface area contributed by atoms with Crippen LogP contribution in [0, 0.1) is 23.7 Å². The zero-order chi connectivity index (χ0) is 11.4. The average Bonchev–Trinajstić information content (AvgIpc) is 2.39. The molecule has 0 saturated carbocycles. The van der Waals surface area contributed by atoms with E-state index >= 15 is 0 Å². The lowest BCUT2D eigenvalue weighted by Gasteiger charge is -2.18. The summed E-state index contributed by atoms with van der Waals surface area (Å²) in [5.41, 5.74) is 2.52. The molecule has 1 atom stereocenters. The first-order valence-electron chi connectivity index (χ1n) is 5.26. The highest BCUT2D eigenvalue weighted by Gasteiger charge is 2.14. The molecule has 0 amide bonds. The van der Waals surface area contributed by atoms with Gasteiger partial charge in [-0.3, -0.25) is 0 Å². The van der Waals surface area contributed by atoms with Gasteiger partial charge in [0, 0.05) is 18.0 Å². The fraction of sp³-hybridized carbons (Fsp3) is 0.214. The van der Waals surface area contributed by atoms with Crippen LogP contribution in [0.25, 0.3) is 0 Å². The number of nitrogens with one attached hydrogen (secondary N) is 1. The van der Waals surface area contributed by atoms with Crippen molar-refractivity contribution in [1.82, 2.24) is 5.32 Å². The number of nitrogens with zero attached hydrogens (tertiary/aromatic N) is 1. The summed E-state index contributed by atoms with van der Waals surface area (Å²) in [6, 6.07) is 7.86. The Morgan fingerprint density at radius 3 is 2.94 bits per heavy atom. The Hall–Kier alpha value is -2.19. The minimum absolute atomic E-state index is 0.322. The molecule has 1 aromatic carbocycles. The Kier molecular flexibility index (Phi) is 2.94. The van der Waals surface area contributed by atoms with E-state index in [0.717, 1.165) is 24.1 Å². The van der Waals surface area contributed by atoms with Crippen molar-refractivity contribution in [1.29, 1.82) is 5.26 Å². The number of hydrogen-bond acceptors (Lipinski definition) is 2. The van der Waals surface area contributed by atoms with Gasteiger partial charge < -0.3 is 5.32 Å². The van der Waals surface area contributed by atoms with Crippen molar-refractivity contribution in [3.63, 3.8) is 0 Å². The van der Waals surface area contributed by atoms with Crippen LogP contribution in [-0.4, -0.2) is 6.54 Å². The topological polar surface area (TPSA) is 35.8 Å². The fourth-order valence-electron chi connectivity index (χ4n) is 1.93. The molecule has 1 aliphatic heterocycles. The first-order valence-corrected chi connectivity index (χ1v) is 5.26. The second kappa shape index (κ2) is 4.55. The van der Waals surface area contributed by atoms with E-state index in [1.165, 1.54) is 0 Å². The third kappa shape index (κ3) is 1.92. The van der Waals surface area contributed by atoms with Crippen LogP contribution in [0.15, 0.2) is 30.5 Å². The van der Waals surface area contributed by atoms with E-state index in [-0.39, 0.29) is 0 Å². The SMILES string of the molecule is C#Cc1ccc(C2C=CNCC2)c(C#N)c1. The van der Waals surface area contributed by atoms with Gasteiger partial charge in [-0.2, -0.15) is 5.26 Å². The molecule has 2 nitrogen and oxygen atoms in total. The van der Waals surface area contributed by atoms with E-state index in [9.17, 15) is 0 Å². The number of rotatable bonds is 1. The van der Waals surface area contributed by atoms with Gasteiger partial charge in [-0.15, -0.1) is 6.42 Å². The van der Waals surface area contributed by atoms with Crippen molar-refractivity contribution < 1.29 is 0 Å². The Labute approximate surface area is 95.6 Å². The number of nitriles is 1. The third-order valence-corrected chi connectivity index (χ3v) is 2.79. The van der Waals surface area contributed by atoms with Gasteiger partial charge in [-0.1, -0.05) is 18.1 Å². The lowest BCUT2D eigenvalue weighted by molar-refractivity contribution is 0.656. The first-order chi connectivity index (χ1) is 7.85. The van der Waals surface area contributed by atoms with Gasteiger partial charge in [-0.05, 0) is 30.3 Å². The molecule has 1 unspecified atom stereocenters. The number of allylic oxidation sites excluding steroid dienone is 1. The molecule has 16 heavy (non-hydrogen) atoms. The molecular formula is C14H12N2. The summed E-state index contributed by atoms with van der Waals surface area (Å²) in [6.07, 6.45) is 10.4. The van der Waals surface area contributed by atoms with E-state index < -0.39 is 0 Å². The summed E-state index contributed by atoms with van der Waals surface area (Å²) < 4.78 is 0. The molecule has 2 rings (SSSR count). The van der Waals surface area contributed by atoms with Crippen molar-refractivity contribution in [3.05, 3.63) is 47.2 Å². The zero-order valence-corrected chi connectivity index (χ0v) is 8.90. The van der Waals surface area contributed by atoms with Crippen LogP contribution >= 0.6 is 0 Å². The van der Waals surface area contributed by atoms with Gasteiger partial charge in [0.2, 0.25) is 0 Å². The second-order valence-corrected chi connectivity index (χ2v) is 3.77. The summed E-state index contributed by atoms with van der Waals surface area (Å²) in [5, 5.41) is 12.3. The highest BCUT2D eigenvalue weighted by molar-refractivity contribution is 5.48. The monoisotopic (exact) mass is 208 g/mol. The predicted molar refractivity (Wildman–Crippen MR) is 63.6 cm³/mol. The number of terminal acetylenes is 1. The van der Waals surface area contributed by atoms with Crippen LogP contribution in [0.4, 0.5) is 0 Å². The Balaban J connectivity index is 2.41. The minimum atomic E-state index is 0.322. The lowest BCUT2D eigenvalue weighted by Crippen LogP contribution is -2.16. The van der Waals surface area contributed by atoms with Crippen molar-refractivity contribution in [3.8, 4) is 18.4 Å². The molecule has 0 radical (unpaired) electrons. The van der Waals surface area contributed by atoms with E-state index in [2.05, 4.69) is 23.4 Å². The fourth-order valence-corrected chi connectivity index (χ4v) is 1.93. The third-order valence-electron chi connectivity index (χ3n) is 2.79. The maximum Gasteiger partial charge on any atom is 0.0995 e. The van der Waals surface area contributed by atoms with Crippen LogP contribution < -0.4 is 5.32 Å². The standard InChI is InChI=1S/C14H12N2/c1-2-11-3-4-14(13(9-11)10-15)12-5-7-16-8-6-12/h1,3-5,7,9,12,16H,6,8H2. The van der Waals surface area contributed by atoms with Gasteiger partial charge in [0.05, 0.1) is 11.6 Å². The van der Waals surface area contributed by atoms with Crippen LogP contribution in [0.1, 0.15) is 29.0 Å². The van der Waals surface area contributed by atoms with Gasteiger partial charge >= 0.3 is 0 Å². The molecule has 1 heterocycles. The maximum atomic E-state index is 9.11. The quantitative estimate of drug-likeness (QED) is 0.718. The van der Waals surface area contributed by atoms with E-state index in [1.807, 2.05) is 18.3 Å². The highest BCUT2D eigenvalue weighted by Crippen LogP contribution is 2.26. The largest absolute Gasteiger partial charge is 0.391 e. The molecule has 0 aromatic heterocycles. The Morgan fingerprint density at radius 2 is 2.31 bits per heavy atom. The molecule has 0 saturated heterocycles. The summed E-state index contributed by atoms with van der Waals surface area (Å²) >= 11 is 0. The molecule has 2 heteroatoms. The molecule has 78 valence electrons. The number of benzene rings is 1. The summed E-state index contributed by atoms with van der Waals surface area (Å²) in [4.78, 5) is 0. The summed E-state index contributed by atoms with van der Waals surface area (Å²) in [7, 11) is 0. The smallest absolute Gasteiger partial charge is 0.0995 e. The summed E-state index contributed by atoms with van der Waals surface area (Å²) in [5.74, 6) is 2.87. The summed E-state index contributed by atoms with van der Waals surface area (Å²) in [6.45, 7) is 0.947. The Bertz CT molecular complexity index is 500. The predicted octanol–water partition coefficient (Wildman–Crippen LogP) is 2.13. The van der Waals surface area contributed by atoms with Crippen molar-refractivity contribution >= 4 is 0 Å². The van der Waals surface area contributed by atoms with E-state index in [1.54, 1.807) is 6.07 Å². The minimum Gasteiger partial charge on any atom is -0.391 e. The molecule has 0 bridgehead atoms. The van der Waals surface area contributed by atoms with Gasteiger partial charge in [0.25, 0.3) is 0 Å². The van der Waals surface area contributed by atoms with Crippen molar-refractivity contribution in [2.24, 2.45) is 0 Å². The van der Waals surface area contributed by atoms with Crippen molar-refractivity contribution in [2.45, 2.75) is 12.3 Å². The molecule has 0 fully saturated rings.